The number of benzene rings is 1. The number of carbonyl (C=O) groups is 2. The largest absolute Gasteiger partial charge is 0.466 e. The molecule has 2 rings (SSSR count). The Hall–Kier alpha value is -1.92. The molecule has 0 aliphatic carbocycles. The highest BCUT2D eigenvalue weighted by molar-refractivity contribution is 5.79. The van der Waals surface area contributed by atoms with Crippen molar-refractivity contribution < 1.29 is 19.1 Å². The van der Waals surface area contributed by atoms with Crippen LogP contribution < -0.4 is 10.6 Å². The Morgan fingerprint density at radius 3 is 2.55 bits per heavy atom. The molecule has 6 heteroatoms. The lowest BCUT2D eigenvalue weighted by Crippen LogP contribution is -2.42. The van der Waals surface area contributed by atoms with Crippen molar-refractivity contribution in [3.63, 3.8) is 0 Å². The molecule has 1 aromatic carbocycles. The predicted octanol–water partition coefficient (Wildman–Crippen LogP) is 3.05. The molecule has 0 aromatic heterocycles. The number of carbonyl (C=O) groups excluding carboxylic acids is 2. The van der Waals surface area contributed by atoms with Gasteiger partial charge in [-0.15, -0.1) is 0 Å². The Bertz CT molecular complexity index is 660. The molecule has 1 aliphatic rings. The van der Waals surface area contributed by atoms with Crippen LogP contribution in [0.15, 0.2) is 30.3 Å². The van der Waals surface area contributed by atoms with Crippen LogP contribution in [0.4, 0.5) is 0 Å². The van der Waals surface area contributed by atoms with Crippen LogP contribution in [0.1, 0.15) is 53.0 Å². The zero-order valence-corrected chi connectivity index (χ0v) is 18.4. The van der Waals surface area contributed by atoms with Gasteiger partial charge < -0.3 is 14.8 Å². The van der Waals surface area contributed by atoms with Crippen LogP contribution in [0.25, 0.3) is 0 Å². The van der Waals surface area contributed by atoms with Gasteiger partial charge in [0, 0.05) is 18.5 Å². The van der Waals surface area contributed by atoms with Gasteiger partial charge in [-0.1, -0.05) is 44.2 Å². The lowest BCUT2D eigenvalue weighted by atomic mass is 9.86. The summed E-state index contributed by atoms with van der Waals surface area (Å²) in [7, 11) is 0. The molecule has 6 nitrogen and oxygen atoms in total. The number of nitrogens with one attached hydrogen (secondary N) is 2. The van der Waals surface area contributed by atoms with Crippen LogP contribution in [0.5, 0.6) is 0 Å². The van der Waals surface area contributed by atoms with Gasteiger partial charge in [0.2, 0.25) is 5.91 Å². The van der Waals surface area contributed by atoms with E-state index in [0.717, 1.165) is 6.42 Å². The summed E-state index contributed by atoms with van der Waals surface area (Å²) >= 11 is 0. The SMILES string of the molecule is CCOC(=O)CCNC(=O)[C@@H](C[C@@H]1OC(C)(C)N[C@H]1Cc1ccccc1)C(C)C. The van der Waals surface area contributed by atoms with E-state index in [-0.39, 0.29) is 42.3 Å². The molecule has 0 unspecified atom stereocenters. The summed E-state index contributed by atoms with van der Waals surface area (Å²) in [5.41, 5.74) is 0.822. The van der Waals surface area contributed by atoms with Crippen molar-refractivity contribution in [1.29, 1.82) is 0 Å². The number of rotatable bonds is 10. The average Bonchev–Trinajstić information content (AvgIpc) is 2.93. The molecule has 29 heavy (non-hydrogen) atoms. The first-order valence-corrected chi connectivity index (χ1v) is 10.6. The van der Waals surface area contributed by atoms with E-state index >= 15 is 0 Å². The Balaban J connectivity index is 1.99. The van der Waals surface area contributed by atoms with Gasteiger partial charge in [-0.3, -0.25) is 14.9 Å². The normalized spacial score (nSPS) is 21.7. The number of ether oxygens (including phenoxy) is 2. The molecule has 162 valence electrons. The van der Waals surface area contributed by atoms with Crippen molar-refractivity contribution >= 4 is 11.9 Å². The summed E-state index contributed by atoms with van der Waals surface area (Å²) in [6.45, 7) is 10.6. The van der Waals surface area contributed by atoms with E-state index in [1.807, 2.05) is 32.0 Å². The third-order valence-corrected chi connectivity index (χ3v) is 5.29. The summed E-state index contributed by atoms with van der Waals surface area (Å²) in [5.74, 6) is -0.337. The number of hydrogen-bond acceptors (Lipinski definition) is 5. The molecule has 1 aromatic rings. The van der Waals surface area contributed by atoms with Crippen molar-refractivity contribution in [1.82, 2.24) is 10.6 Å². The summed E-state index contributed by atoms with van der Waals surface area (Å²) < 4.78 is 11.2. The smallest absolute Gasteiger partial charge is 0.307 e. The second-order valence-electron chi connectivity index (χ2n) is 8.54. The monoisotopic (exact) mass is 404 g/mol. The average molecular weight is 405 g/mol. The molecule has 1 heterocycles. The van der Waals surface area contributed by atoms with E-state index in [1.54, 1.807) is 6.92 Å². The third kappa shape index (κ3) is 7.44. The highest BCUT2D eigenvalue weighted by Gasteiger charge is 2.41. The van der Waals surface area contributed by atoms with Crippen LogP contribution in [-0.2, 0) is 25.5 Å². The lowest BCUT2D eigenvalue weighted by Gasteiger charge is -2.26. The summed E-state index contributed by atoms with van der Waals surface area (Å²) in [6.07, 6.45) is 1.62. The molecule has 3 atom stereocenters. The van der Waals surface area contributed by atoms with E-state index in [9.17, 15) is 9.59 Å². The van der Waals surface area contributed by atoms with Crippen molar-refractivity contribution in [2.24, 2.45) is 11.8 Å². The van der Waals surface area contributed by atoms with Crippen molar-refractivity contribution in [2.45, 2.75) is 71.8 Å². The molecule has 2 N–H and O–H groups in total. The first-order chi connectivity index (χ1) is 13.7. The van der Waals surface area contributed by atoms with Gasteiger partial charge in [-0.25, -0.2) is 0 Å². The fourth-order valence-electron chi connectivity index (χ4n) is 3.88. The van der Waals surface area contributed by atoms with Gasteiger partial charge in [0.1, 0.15) is 5.72 Å². The Morgan fingerprint density at radius 2 is 1.93 bits per heavy atom. The fraction of sp³-hybridized carbons (Fsp3) is 0.652. The van der Waals surface area contributed by atoms with E-state index in [0.29, 0.717) is 19.6 Å². The van der Waals surface area contributed by atoms with E-state index in [2.05, 4.69) is 36.6 Å². The minimum atomic E-state index is -0.425. The maximum absolute atomic E-state index is 12.8. The summed E-state index contributed by atoms with van der Waals surface area (Å²) in [6, 6.07) is 10.5. The summed E-state index contributed by atoms with van der Waals surface area (Å²) in [4.78, 5) is 24.3. The van der Waals surface area contributed by atoms with Crippen LogP contribution in [-0.4, -0.2) is 42.9 Å². The van der Waals surface area contributed by atoms with Crippen molar-refractivity contribution in [3.05, 3.63) is 35.9 Å². The predicted molar refractivity (Wildman–Crippen MR) is 113 cm³/mol. The molecule has 1 amide bonds. The maximum Gasteiger partial charge on any atom is 0.307 e. The first-order valence-electron chi connectivity index (χ1n) is 10.6. The molecule has 1 saturated heterocycles. The molecule has 0 saturated carbocycles. The molecule has 0 spiro atoms. The third-order valence-electron chi connectivity index (χ3n) is 5.29. The zero-order valence-electron chi connectivity index (χ0n) is 18.4. The first kappa shape index (κ1) is 23.4. The number of amides is 1. The Morgan fingerprint density at radius 1 is 1.24 bits per heavy atom. The van der Waals surface area contributed by atoms with Gasteiger partial charge in [-0.2, -0.15) is 0 Å². The fourth-order valence-corrected chi connectivity index (χ4v) is 3.88. The van der Waals surface area contributed by atoms with Crippen molar-refractivity contribution in [3.8, 4) is 0 Å². The zero-order chi connectivity index (χ0) is 21.4. The van der Waals surface area contributed by atoms with Gasteiger partial charge in [-0.05, 0) is 45.1 Å². The van der Waals surface area contributed by atoms with E-state index < -0.39 is 5.72 Å². The van der Waals surface area contributed by atoms with Gasteiger partial charge in [0.05, 0.1) is 19.1 Å². The van der Waals surface area contributed by atoms with Gasteiger partial charge >= 0.3 is 5.97 Å². The van der Waals surface area contributed by atoms with Crippen LogP contribution in [0.2, 0.25) is 0 Å². The topological polar surface area (TPSA) is 76.7 Å². The minimum Gasteiger partial charge on any atom is -0.466 e. The Kier molecular flexibility index (Phi) is 8.65. The van der Waals surface area contributed by atoms with E-state index in [1.165, 1.54) is 5.56 Å². The van der Waals surface area contributed by atoms with Gasteiger partial charge in [0.15, 0.2) is 0 Å². The second-order valence-corrected chi connectivity index (χ2v) is 8.54. The second kappa shape index (κ2) is 10.7. The molecular weight excluding hydrogens is 368 g/mol. The van der Waals surface area contributed by atoms with Crippen molar-refractivity contribution in [2.75, 3.05) is 13.2 Å². The van der Waals surface area contributed by atoms with Crippen LogP contribution in [0, 0.1) is 11.8 Å². The highest BCUT2D eigenvalue weighted by atomic mass is 16.5. The summed E-state index contributed by atoms with van der Waals surface area (Å²) in [5, 5.41) is 6.47. The molecule has 1 aliphatic heterocycles. The highest BCUT2D eigenvalue weighted by Crippen LogP contribution is 2.30. The number of esters is 1. The number of hydrogen-bond donors (Lipinski definition) is 2. The molecule has 1 fully saturated rings. The Labute approximate surface area is 174 Å². The van der Waals surface area contributed by atoms with Crippen LogP contribution in [0.3, 0.4) is 0 Å². The lowest BCUT2D eigenvalue weighted by molar-refractivity contribution is -0.143. The van der Waals surface area contributed by atoms with Crippen LogP contribution >= 0.6 is 0 Å². The molecule has 0 radical (unpaired) electrons. The molecule has 0 bridgehead atoms. The molecular formula is C23H36N2O4. The minimum absolute atomic E-state index is 0.0314. The standard InChI is InChI=1S/C23H36N2O4/c1-6-28-21(26)12-13-24-22(27)18(16(2)3)15-20-19(25-23(4,5)29-20)14-17-10-8-7-9-11-17/h7-11,16,18-20,25H,6,12-15H2,1-5H3,(H,24,27)/t18-,19-,20-/m0/s1. The van der Waals surface area contributed by atoms with E-state index in [4.69, 9.17) is 9.47 Å². The van der Waals surface area contributed by atoms with Gasteiger partial charge in [0.25, 0.3) is 0 Å². The quantitative estimate of drug-likeness (QED) is 0.586. The maximum atomic E-state index is 12.8.